The Morgan fingerprint density at radius 3 is 2.46 bits per heavy atom. The van der Waals surface area contributed by atoms with Gasteiger partial charge in [-0.1, -0.05) is 17.3 Å². The number of amides is 1. The van der Waals surface area contributed by atoms with Crippen molar-refractivity contribution in [1.29, 1.82) is 0 Å². The quantitative estimate of drug-likeness (QED) is 0.387. The molecule has 0 radical (unpaired) electrons. The van der Waals surface area contributed by atoms with Gasteiger partial charge in [0, 0.05) is 25.0 Å². The Bertz CT molecular complexity index is 1290. The van der Waals surface area contributed by atoms with Gasteiger partial charge in [0.2, 0.25) is 0 Å². The van der Waals surface area contributed by atoms with Crippen LogP contribution in [0.2, 0.25) is 0 Å². The Balaban J connectivity index is 1.56. The zero-order chi connectivity index (χ0) is 24.9. The molecule has 1 N–H and O–H groups in total. The Morgan fingerprint density at radius 2 is 1.86 bits per heavy atom. The molecule has 2 aromatic carbocycles. The number of ether oxygens (including phenoxy) is 3. The fraction of sp³-hybridized carbons (Fsp3) is 0.269. The van der Waals surface area contributed by atoms with E-state index in [0.717, 1.165) is 22.6 Å². The second-order valence-corrected chi connectivity index (χ2v) is 8.03. The SMILES string of the molecule is COc1ccc([C@@H](NC(=O)c2ccc(OCc3c(C)noc3C)c(OC)c2)c2nccn2C)cc1. The van der Waals surface area contributed by atoms with Gasteiger partial charge in [-0.25, -0.2) is 4.98 Å². The van der Waals surface area contributed by atoms with Crippen molar-refractivity contribution in [2.75, 3.05) is 14.2 Å². The summed E-state index contributed by atoms with van der Waals surface area (Å²) >= 11 is 0. The normalized spacial score (nSPS) is 11.7. The van der Waals surface area contributed by atoms with E-state index >= 15 is 0 Å². The first-order valence-electron chi connectivity index (χ1n) is 11.1. The lowest BCUT2D eigenvalue weighted by Gasteiger charge is -2.20. The lowest BCUT2D eigenvalue weighted by atomic mass is 10.0. The van der Waals surface area contributed by atoms with Gasteiger partial charge in [0.05, 0.1) is 25.5 Å². The molecule has 9 nitrogen and oxygen atoms in total. The summed E-state index contributed by atoms with van der Waals surface area (Å²) in [7, 11) is 5.04. The molecule has 0 saturated carbocycles. The number of methoxy groups -OCH3 is 2. The molecular formula is C26H28N4O5. The average molecular weight is 477 g/mol. The molecule has 182 valence electrons. The maximum atomic E-state index is 13.3. The fourth-order valence-electron chi connectivity index (χ4n) is 3.75. The van der Waals surface area contributed by atoms with Crippen LogP contribution < -0.4 is 19.5 Å². The lowest BCUT2D eigenvalue weighted by molar-refractivity contribution is 0.0940. The Kier molecular flexibility index (Phi) is 7.05. The molecule has 9 heteroatoms. The van der Waals surface area contributed by atoms with E-state index in [1.165, 1.54) is 7.11 Å². The number of aromatic nitrogens is 3. The minimum absolute atomic E-state index is 0.274. The predicted octanol–water partition coefficient (Wildman–Crippen LogP) is 4.14. The lowest BCUT2D eigenvalue weighted by Crippen LogP contribution is -2.31. The number of carbonyl (C=O) groups excluding carboxylic acids is 1. The minimum atomic E-state index is -0.463. The molecule has 0 spiro atoms. The average Bonchev–Trinajstić information content (AvgIpc) is 3.45. The summed E-state index contributed by atoms with van der Waals surface area (Å²) in [5.74, 6) is 2.83. The van der Waals surface area contributed by atoms with Crippen molar-refractivity contribution < 1.29 is 23.5 Å². The molecule has 35 heavy (non-hydrogen) atoms. The first-order valence-corrected chi connectivity index (χ1v) is 11.1. The number of hydrogen-bond donors (Lipinski definition) is 1. The maximum Gasteiger partial charge on any atom is 0.252 e. The molecule has 0 bridgehead atoms. The summed E-state index contributed by atoms with van der Waals surface area (Å²) < 4.78 is 23.8. The van der Waals surface area contributed by atoms with Gasteiger partial charge in [-0.2, -0.15) is 0 Å². The first-order chi connectivity index (χ1) is 16.9. The van der Waals surface area contributed by atoms with Crippen molar-refractivity contribution in [3.8, 4) is 17.2 Å². The number of nitrogens with zero attached hydrogens (tertiary/aromatic N) is 3. The molecule has 0 saturated heterocycles. The van der Waals surface area contributed by atoms with E-state index in [-0.39, 0.29) is 12.5 Å². The number of aryl methyl sites for hydroxylation is 3. The number of hydrogen-bond acceptors (Lipinski definition) is 7. The molecular weight excluding hydrogens is 448 g/mol. The highest BCUT2D eigenvalue weighted by atomic mass is 16.5. The van der Waals surface area contributed by atoms with Gasteiger partial charge in [0.1, 0.15) is 30.0 Å². The molecule has 2 heterocycles. The summed E-state index contributed by atoms with van der Waals surface area (Å²) in [6.45, 7) is 3.98. The van der Waals surface area contributed by atoms with E-state index in [1.54, 1.807) is 31.5 Å². The number of nitrogens with one attached hydrogen (secondary N) is 1. The molecule has 4 rings (SSSR count). The zero-order valence-electron chi connectivity index (χ0n) is 20.4. The van der Waals surface area contributed by atoms with Crippen LogP contribution in [0.25, 0.3) is 0 Å². The van der Waals surface area contributed by atoms with Gasteiger partial charge in [0.15, 0.2) is 11.5 Å². The minimum Gasteiger partial charge on any atom is -0.497 e. The Labute approximate surface area is 203 Å². The maximum absolute atomic E-state index is 13.3. The van der Waals surface area contributed by atoms with Gasteiger partial charge >= 0.3 is 0 Å². The third-order valence-corrected chi connectivity index (χ3v) is 5.82. The van der Waals surface area contributed by atoms with Gasteiger partial charge in [0.25, 0.3) is 5.91 Å². The highest BCUT2D eigenvalue weighted by Gasteiger charge is 2.22. The Morgan fingerprint density at radius 1 is 1.09 bits per heavy atom. The number of carbonyl (C=O) groups is 1. The predicted molar refractivity (Wildman–Crippen MR) is 129 cm³/mol. The van der Waals surface area contributed by atoms with E-state index in [2.05, 4.69) is 15.5 Å². The van der Waals surface area contributed by atoms with Gasteiger partial charge in [-0.15, -0.1) is 0 Å². The molecule has 0 aliphatic heterocycles. The van der Waals surface area contributed by atoms with E-state index in [9.17, 15) is 4.79 Å². The van der Waals surface area contributed by atoms with Gasteiger partial charge in [-0.3, -0.25) is 4.79 Å². The van der Waals surface area contributed by atoms with Gasteiger partial charge < -0.3 is 28.6 Å². The van der Waals surface area contributed by atoms with Crippen molar-refractivity contribution in [1.82, 2.24) is 20.0 Å². The summed E-state index contributed by atoms with van der Waals surface area (Å²) in [6.07, 6.45) is 3.54. The fourth-order valence-corrected chi connectivity index (χ4v) is 3.75. The summed E-state index contributed by atoms with van der Waals surface area (Å²) in [5, 5.41) is 7.04. The molecule has 0 aliphatic carbocycles. The van der Waals surface area contributed by atoms with Crippen LogP contribution in [0.4, 0.5) is 0 Å². The van der Waals surface area contributed by atoms with Crippen LogP contribution in [-0.2, 0) is 13.7 Å². The van der Waals surface area contributed by atoms with Crippen molar-refractivity contribution in [2.24, 2.45) is 7.05 Å². The van der Waals surface area contributed by atoms with Gasteiger partial charge in [-0.05, 0) is 49.7 Å². The second kappa shape index (κ2) is 10.3. The van der Waals surface area contributed by atoms with Crippen LogP contribution in [0.1, 0.15) is 44.8 Å². The summed E-state index contributed by atoms with van der Waals surface area (Å²) in [6, 6.07) is 12.1. The van der Waals surface area contributed by atoms with Crippen molar-refractivity contribution in [3.63, 3.8) is 0 Å². The van der Waals surface area contributed by atoms with Crippen molar-refractivity contribution in [2.45, 2.75) is 26.5 Å². The zero-order valence-corrected chi connectivity index (χ0v) is 20.4. The van der Waals surface area contributed by atoms with Crippen LogP contribution >= 0.6 is 0 Å². The summed E-state index contributed by atoms with van der Waals surface area (Å²) in [5.41, 5.74) is 2.96. The largest absolute Gasteiger partial charge is 0.497 e. The number of benzene rings is 2. The molecule has 1 atom stereocenters. The Hall–Kier alpha value is -4.27. The van der Waals surface area contributed by atoms with Crippen molar-refractivity contribution in [3.05, 3.63) is 88.8 Å². The molecule has 4 aromatic rings. The van der Waals surface area contributed by atoms with Crippen LogP contribution in [0.5, 0.6) is 17.2 Å². The third-order valence-electron chi connectivity index (χ3n) is 5.82. The van der Waals surface area contributed by atoms with Crippen molar-refractivity contribution >= 4 is 5.91 Å². The van der Waals surface area contributed by atoms with Crippen LogP contribution in [0.15, 0.2) is 59.4 Å². The molecule has 0 fully saturated rings. The molecule has 1 amide bonds. The number of rotatable bonds is 9. The number of imidazole rings is 1. The monoisotopic (exact) mass is 476 g/mol. The standard InChI is InChI=1S/C26H28N4O5/c1-16-21(17(2)35-29-16)15-34-22-11-8-19(14-23(22)33-5)26(31)28-24(25-27-12-13-30(25)3)18-6-9-20(32-4)10-7-18/h6-14,24H,15H2,1-5H3,(H,28,31)/t24-/m1/s1. The highest BCUT2D eigenvalue weighted by Crippen LogP contribution is 2.30. The topological polar surface area (TPSA) is 101 Å². The van der Waals surface area contributed by atoms with Crippen LogP contribution in [0, 0.1) is 13.8 Å². The van der Waals surface area contributed by atoms with E-state index in [4.69, 9.17) is 18.7 Å². The molecule has 0 unspecified atom stereocenters. The van der Waals surface area contributed by atoms with E-state index in [1.807, 2.05) is 55.9 Å². The van der Waals surface area contributed by atoms with Crippen LogP contribution in [0.3, 0.4) is 0 Å². The van der Waals surface area contributed by atoms with E-state index in [0.29, 0.717) is 28.6 Å². The third kappa shape index (κ3) is 5.13. The highest BCUT2D eigenvalue weighted by molar-refractivity contribution is 5.95. The molecule has 0 aliphatic rings. The van der Waals surface area contributed by atoms with E-state index < -0.39 is 6.04 Å². The smallest absolute Gasteiger partial charge is 0.252 e. The first kappa shape index (κ1) is 23.9. The summed E-state index contributed by atoms with van der Waals surface area (Å²) in [4.78, 5) is 17.7. The molecule has 2 aromatic heterocycles. The second-order valence-electron chi connectivity index (χ2n) is 8.03. The van der Waals surface area contributed by atoms with Crippen LogP contribution in [-0.4, -0.2) is 34.8 Å².